The molecule has 1 aromatic carbocycles. The highest BCUT2D eigenvalue weighted by Crippen LogP contribution is 2.39. The van der Waals surface area contributed by atoms with Crippen LogP contribution in [0.5, 0.6) is 5.75 Å². The molecule has 0 N–H and O–H groups in total. The second kappa shape index (κ2) is 5.08. The molecule has 17 heavy (non-hydrogen) atoms. The van der Waals surface area contributed by atoms with Gasteiger partial charge >= 0.3 is 6.18 Å². The Kier molecular flexibility index (Phi) is 4.19. The van der Waals surface area contributed by atoms with Gasteiger partial charge in [-0.15, -0.1) is 0 Å². The van der Waals surface area contributed by atoms with E-state index in [1.807, 2.05) is 0 Å². The van der Waals surface area contributed by atoms with Crippen LogP contribution in [0.4, 0.5) is 13.2 Å². The van der Waals surface area contributed by atoms with Crippen molar-refractivity contribution in [3.05, 3.63) is 27.7 Å². The van der Waals surface area contributed by atoms with Crippen molar-refractivity contribution in [1.82, 2.24) is 0 Å². The summed E-state index contributed by atoms with van der Waals surface area (Å²) in [5.41, 5.74) is -1.36. The number of Topliss-reactive ketones (excluding diaryl/α,β-unsaturated/α-hetero) is 1. The minimum Gasteiger partial charge on any atom is -0.494 e. The quantitative estimate of drug-likeness (QED) is 0.787. The van der Waals surface area contributed by atoms with Gasteiger partial charge in [0.15, 0.2) is 5.78 Å². The van der Waals surface area contributed by atoms with Gasteiger partial charge in [-0.2, -0.15) is 13.2 Å². The zero-order valence-corrected chi connectivity index (χ0v) is 10.8. The fraction of sp³-hybridized carbons (Fsp3) is 0.364. The summed E-state index contributed by atoms with van der Waals surface area (Å²) in [6.45, 7) is 3.11. The molecule has 6 heteroatoms. The largest absolute Gasteiger partial charge is 0.494 e. The molecule has 1 aromatic rings. The fourth-order valence-corrected chi connectivity index (χ4v) is 2.06. The average molecular weight is 311 g/mol. The SMILES string of the molecule is CCOc1cc(Br)c(C(F)(F)F)c(C(C)=O)c1. The zero-order valence-electron chi connectivity index (χ0n) is 9.19. The molecular formula is C11H10BrF3O2. The fourth-order valence-electron chi connectivity index (χ4n) is 1.40. The number of carbonyl (C=O) groups is 1. The first-order valence-corrected chi connectivity index (χ1v) is 5.61. The number of hydrogen-bond donors (Lipinski definition) is 0. The summed E-state index contributed by atoms with van der Waals surface area (Å²) in [7, 11) is 0. The maximum Gasteiger partial charge on any atom is 0.418 e. The van der Waals surface area contributed by atoms with E-state index in [0.29, 0.717) is 6.61 Å². The standard InChI is InChI=1S/C11H10BrF3O2/c1-3-17-7-4-8(6(2)16)10(9(12)5-7)11(13,14)15/h4-5H,3H2,1-2H3. The smallest absolute Gasteiger partial charge is 0.418 e. The number of rotatable bonds is 3. The van der Waals surface area contributed by atoms with Gasteiger partial charge < -0.3 is 4.74 Å². The van der Waals surface area contributed by atoms with E-state index < -0.39 is 23.1 Å². The van der Waals surface area contributed by atoms with Crippen LogP contribution in [0.25, 0.3) is 0 Å². The number of ketones is 1. The Morgan fingerprint density at radius 3 is 2.41 bits per heavy atom. The van der Waals surface area contributed by atoms with Crippen molar-refractivity contribution in [3.8, 4) is 5.75 Å². The van der Waals surface area contributed by atoms with E-state index in [1.165, 1.54) is 6.07 Å². The van der Waals surface area contributed by atoms with Gasteiger partial charge in [0.1, 0.15) is 5.75 Å². The van der Waals surface area contributed by atoms with Gasteiger partial charge in [-0.1, -0.05) is 15.9 Å². The van der Waals surface area contributed by atoms with Crippen LogP contribution in [0.15, 0.2) is 16.6 Å². The molecule has 0 fully saturated rings. The molecular weight excluding hydrogens is 301 g/mol. The molecule has 0 aliphatic heterocycles. The number of carbonyl (C=O) groups excluding carboxylic acids is 1. The average Bonchev–Trinajstić information content (AvgIpc) is 2.14. The van der Waals surface area contributed by atoms with Crippen LogP contribution >= 0.6 is 15.9 Å². The highest BCUT2D eigenvalue weighted by molar-refractivity contribution is 9.10. The molecule has 0 aromatic heterocycles. The highest BCUT2D eigenvalue weighted by atomic mass is 79.9. The molecule has 0 radical (unpaired) electrons. The molecule has 0 aliphatic rings. The topological polar surface area (TPSA) is 26.3 Å². The molecule has 0 bridgehead atoms. The summed E-state index contributed by atoms with van der Waals surface area (Å²) >= 11 is 2.82. The van der Waals surface area contributed by atoms with Crippen LogP contribution < -0.4 is 4.74 Å². The Morgan fingerprint density at radius 2 is 2.00 bits per heavy atom. The number of benzene rings is 1. The third-order valence-corrected chi connectivity index (χ3v) is 2.66. The van der Waals surface area contributed by atoms with E-state index in [1.54, 1.807) is 6.92 Å². The molecule has 94 valence electrons. The Balaban J connectivity index is 3.44. The van der Waals surface area contributed by atoms with Crippen LogP contribution in [-0.2, 0) is 6.18 Å². The molecule has 0 aliphatic carbocycles. The van der Waals surface area contributed by atoms with Gasteiger partial charge in [-0.25, -0.2) is 0 Å². The maximum absolute atomic E-state index is 12.8. The molecule has 0 unspecified atom stereocenters. The lowest BCUT2D eigenvalue weighted by atomic mass is 10.0. The van der Waals surface area contributed by atoms with Gasteiger partial charge in [0.05, 0.1) is 12.2 Å². The van der Waals surface area contributed by atoms with E-state index >= 15 is 0 Å². The molecule has 0 heterocycles. The molecule has 0 atom stereocenters. The maximum atomic E-state index is 12.8. The van der Waals surface area contributed by atoms with E-state index in [-0.39, 0.29) is 10.2 Å². The third-order valence-electron chi connectivity index (χ3n) is 2.04. The Morgan fingerprint density at radius 1 is 1.41 bits per heavy atom. The Labute approximate surface area is 105 Å². The normalized spacial score (nSPS) is 11.4. The van der Waals surface area contributed by atoms with Gasteiger partial charge in [-0.05, 0) is 26.0 Å². The minimum absolute atomic E-state index is 0.193. The van der Waals surface area contributed by atoms with Crippen LogP contribution in [-0.4, -0.2) is 12.4 Å². The number of hydrogen-bond acceptors (Lipinski definition) is 2. The summed E-state index contributed by atoms with van der Waals surface area (Å²) in [6, 6.07) is 2.32. The summed E-state index contributed by atoms with van der Waals surface area (Å²) in [5.74, 6) is -0.419. The lowest BCUT2D eigenvalue weighted by Crippen LogP contribution is -2.13. The van der Waals surface area contributed by atoms with Crippen LogP contribution in [0.2, 0.25) is 0 Å². The molecule has 2 nitrogen and oxygen atoms in total. The van der Waals surface area contributed by atoms with E-state index in [9.17, 15) is 18.0 Å². The van der Waals surface area contributed by atoms with Crippen molar-refractivity contribution in [2.75, 3.05) is 6.61 Å². The molecule has 0 saturated carbocycles. The summed E-state index contributed by atoms with van der Waals surface area (Å²) in [5, 5.41) is 0. The van der Waals surface area contributed by atoms with E-state index in [4.69, 9.17) is 4.74 Å². The summed E-state index contributed by atoms with van der Waals surface area (Å²) < 4.78 is 43.2. The lowest BCUT2D eigenvalue weighted by Gasteiger charge is -2.15. The number of ether oxygens (including phenoxy) is 1. The summed E-state index contributed by atoms with van der Waals surface area (Å²) in [6.07, 6.45) is -4.58. The Bertz CT molecular complexity index is 441. The van der Waals surface area contributed by atoms with Gasteiger partial charge in [0, 0.05) is 10.0 Å². The lowest BCUT2D eigenvalue weighted by molar-refractivity contribution is -0.138. The van der Waals surface area contributed by atoms with Crippen LogP contribution in [0.1, 0.15) is 29.8 Å². The monoisotopic (exact) mass is 310 g/mol. The predicted molar refractivity (Wildman–Crippen MR) is 60.3 cm³/mol. The van der Waals surface area contributed by atoms with E-state index in [0.717, 1.165) is 13.0 Å². The van der Waals surface area contributed by atoms with Gasteiger partial charge in [-0.3, -0.25) is 4.79 Å². The molecule has 1 rings (SSSR count). The minimum atomic E-state index is -4.58. The first-order valence-electron chi connectivity index (χ1n) is 4.81. The number of halogens is 4. The highest BCUT2D eigenvalue weighted by Gasteiger charge is 2.37. The van der Waals surface area contributed by atoms with Crippen molar-refractivity contribution < 1.29 is 22.7 Å². The summed E-state index contributed by atoms with van der Waals surface area (Å²) in [4.78, 5) is 11.2. The predicted octanol–water partition coefficient (Wildman–Crippen LogP) is 4.07. The van der Waals surface area contributed by atoms with Crippen molar-refractivity contribution >= 4 is 21.7 Å². The first-order chi connectivity index (χ1) is 7.77. The van der Waals surface area contributed by atoms with E-state index in [2.05, 4.69) is 15.9 Å². The van der Waals surface area contributed by atoms with Crippen molar-refractivity contribution in [3.63, 3.8) is 0 Å². The van der Waals surface area contributed by atoms with Crippen LogP contribution in [0, 0.1) is 0 Å². The molecule has 0 saturated heterocycles. The Hall–Kier alpha value is -1.04. The van der Waals surface area contributed by atoms with Crippen LogP contribution in [0.3, 0.4) is 0 Å². The number of alkyl halides is 3. The second-order valence-electron chi connectivity index (χ2n) is 3.31. The van der Waals surface area contributed by atoms with Crippen molar-refractivity contribution in [2.45, 2.75) is 20.0 Å². The van der Waals surface area contributed by atoms with Gasteiger partial charge in [0.2, 0.25) is 0 Å². The second-order valence-corrected chi connectivity index (χ2v) is 4.17. The first kappa shape index (κ1) is 14.0. The zero-order chi connectivity index (χ0) is 13.2. The molecule has 0 spiro atoms. The van der Waals surface area contributed by atoms with Crippen molar-refractivity contribution in [1.29, 1.82) is 0 Å². The molecule has 0 amide bonds. The third kappa shape index (κ3) is 3.21. The van der Waals surface area contributed by atoms with Crippen molar-refractivity contribution in [2.24, 2.45) is 0 Å². The van der Waals surface area contributed by atoms with Gasteiger partial charge in [0.25, 0.3) is 0 Å².